The Morgan fingerprint density at radius 1 is 0.967 bits per heavy atom. The van der Waals surface area contributed by atoms with Crippen LogP contribution in [0, 0.1) is 0 Å². The highest BCUT2D eigenvalue weighted by Gasteiger charge is 2.16. The lowest BCUT2D eigenvalue weighted by molar-refractivity contribution is 0.203. The van der Waals surface area contributed by atoms with Crippen molar-refractivity contribution in [2.45, 2.75) is 25.7 Å². The van der Waals surface area contributed by atoms with Gasteiger partial charge in [-0.1, -0.05) is 24.6 Å². The number of rotatable bonds is 6. The topological polar surface area (TPSA) is 80.0 Å². The van der Waals surface area contributed by atoms with Crippen molar-refractivity contribution in [2.75, 3.05) is 26.2 Å². The Labute approximate surface area is 174 Å². The monoisotopic (exact) mass is 401 g/mol. The Kier molecular flexibility index (Phi) is 5.19. The number of para-hydroxylation sites is 1. The van der Waals surface area contributed by atoms with Gasteiger partial charge in [-0.05, 0) is 44.5 Å². The maximum atomic E-state index is 11.8. The largest absolute Gasteiger partial charge is 0.478 e. The first-order chi connectivity index (χ1) is 14.8. The fourth-order valence-corrected chi connectivity index (χ4v) is 4.07. The second-order valence-corrected chi connectivity index (χ2v) is 7.67. The lowest BCUT2D eigenvalue weighted by atomic mass is 10.1. The summed E-state index contributed by atoms with van der Waals surface area (Å²) in [6, 6.07) is 10.9. The molecule has 0 unspecified atom stereocenters. The molecule has 5 rings (SSSR count). The number of fused-ring (bicyclic) bond motifs is 3. The number of hydrogen-bond donors (Lipinski definition) is 0. The van der Waals surface area contributed by atoms with Gasteiger partial charge in [0.15, 0.2) is 0 Å². The molecular weight excluding hydrogens is 378 g/mol. The van der Waals surface area contributed by atoms with Crippen LogP contribution in [-0.2, 0) is 0 Å². The fraction of sp³-hybridized carbons (Fsp3) is 0.348. The minimum Gasteiger partial charge on any atom is -0.478 e. The van der Waals surface area contributed by atoms with Crippen LogP contribution >= 0.6 is 0 Å². The van der Waals surface area contributed by atoms with Crippen molar-refractivity contribution in [3.63, 3.8) is 0 Å². The van der Waals surface area contributed by atoms with Gasteiger partial charge in [-0.2, -0.15) is 9.98 Å². The highest BCUT2D eigenvalue weighted by Crippen LogP contribution is 2.18. The van der Waals surface area contributed by atoms with E-state index in [1.54, 1.807) is 6.20 Å². The van der Waals surface area contributed by atoms with E-state index in [2.05, 4.69) is 19.9 Å². The molecule has 0 radical (unpaired) electrons. The number of amides is 2. The maximum Gasteiger partial charge on any atom is 0.368 e. The van der Waals surface area contributed by atoms with Gasteiger partial charge in [0.1, 0.15) is 16.4 Å². The predicted molar refractivity (Wildman–Crippen MR) is 113 cm³/mol. The van der Waals surface area contributed by atoms with Gasteiger partial charge >= 0.3 is 6.03 Å². The average molecular weight is 401 g/mol. The Bertz CT molecular complexity index is 1200. The van der Waals surface area contributed by atoms with Gasteiger partial charge in [0, 0.05) is 29.8 Å². The molecule has 1 fully saturated rings. The molecular formula is C23H23N5O2. The summed E-state index contributed by atoms with van der Waals surface area (Å²) < 4.78 is 5.81. The number of likely N-dealkylation sites (tertiary alicyclic amines) is 1. The molecule has 0 aliphatic carbocycles. The Hall–Kier alpha value is -3.19. The van der Waals surface area contributed by atoms with Crippen LogP contribution in [0.4, 0.5) is 4.79 Å². The minimum atomic E-state index is -0.494. The van der Waals surface area contributed by atoms with Crippen molar-refractivity contribution in [2.24, 2.45) is 9.98 Å². The Balaban J connectivity index is 1.32. The normalized spacial score (nSPS) is 16.2. The number of ether oxygens (including phenoxy) is 1. The summed E-state index contributed by atoms with van der Waals surface area (Å²) >= 11 is 0. The van der Waals surface area contributed by atoms with Gasteiger partial charge < -0.3 is 9.64 Å². The summed E-state index contributed by atoms with van der Waals surface area (Å²) in [5, 5.41) is 1.92. The molecule has 0 saturated carbocycles. The lowest BCUT2D eigenvalue weighted by Gasteiger charge is -2.26. The predicted octanol–water partition coefficient (Wildman–Crippen LogP) is 2.92. The SMILES string of the molecule is O=C1N=c2c(-c3ccc(OCCCN4CCCCC4)nc3)nc3ccccc3c2=N1. The maximum absolute atomic E-state index is 11.8. The van der Waals surface area contributed by atoms with Crippen molar-refractivity contribution < 1.29 is 9.53 Å². The number of aromatic nitrogens is 2. The zero-order valence-electron chi connectivity index (χ0n) is 16.8. The zero-order chi connectivity index (χ0) is 20.3. The van der Waals surface area contributed by atoms with E-state index in [9.17, 15) is 4.79 Å². The minimum absolute atomic E-state index is 0.494. The van der Waals surface area contributed by atoms with E-state index in [0.29, 0.717) is 28.9 Å². The number of nitrogens with zero attached hydrogens (tertiary/aromatic N) is 5. The molecule has 2 amide bonds. The van der Waals surface area contributed by atoms with E-state index >= 15 is 0 Å². The molecule has 3 aromatic rings. The molecule has 2 aliphatic rings. The van der Waals surface area contributed by atoms with E-state index in [4.69, 9.17) is 9.72 Å². The van der Waals surface area contributed by atoms with Gasteiger partial charge in [0.25, 0.3) is 0 Å². The summed E-state index contributed by atoms with van der Waals surface area (Å²) in [4.78, 5) is 31.6. The number of piperidine rings is 1. The average Bonchev–Trinajstić information content (AvgIpc) is 3.19. The third-order valence-corrected chi connectivity index (χ3v) is 5.58. The number of carbonyl (C=O) groups excluding carboxylic acids is 1. The van der Waals surface area contributed by atoms with Gasteiger partial charge in [-0.25, -0.2) is 14.8 Å². The highest BCUT2D eigenvalue weighted by molar-refractivity contribution is 5.86. The lowest BCUT2D eigenvalue weighted by Crippen LogP contribution is -2.31. The van der Waals surface area contributed by atoms with Crippen LogP contribution in [-0.4, -0.2) is 47.1 Å². The van der Waals surface area contributed by atoms with Crippen molar-refractivity contribution >= 4 is 16.9 Å². The molecule has 1 aromatic carbocycles. The molecule has 7 heteroatoms. The number of hydrogen-bond acceptors (Lipinski definition) is 5. The summed E-state index contributed by atoms with van der Waals surface area (Å²) in [7, 11) is 0. The molecule has 30 heavy (non-hydrogen) atoms. The van der Waals surface area contributed by atoms with Crippen molar-refractivity contribution in [1.29, 1.82) is 0 Å². The molecule has 4 heterocycles. The second kappa shape index (κ2) is 8.28. The van der Waals surface area contributed by atoms with Gasteiger partial charge in [-0.15, -0.1) is 0 Å². The molecule has 2 aromatic heterocycles. The van der Waals surface area contributed by atoms with Crippen LogP contribution in [0.3, 0.4) is 0 Å². The summed E-state index contributed by atoms with van der Waals surface area (Å²) in [6.45, 7) is 4.13. The Morgan fingerprint density at radius 3 is 2.63 bits per heavy atom. The van der Waals surface area contributed by atoms with Gasteiger partial charge in [0.2, 0.25) is 5.88 Å². The number of urea groups is 1. The van der Waals surface area contributed by atoms with E-state index < -0.39 is 6.03 Å². The van der Waals surface area contributed by atoms with Gasteiger partial charge in [0.05, 0.1) is 12.1 Å². The fourth-order valence-electron chi connectivity index (χ4n) is 4.07. The van der Waals surface area contributed by atoms with Crippen LogP contribution in [0.5, 0.6) is 5.88 Å². The standard InChI is InChI=1S/C23H23N5O2/c29-23-26-21-17-7-2-3-8-18(17)25-20(22(21)27-23)16-9-10-19(24-15-16)30-14-6-13-28-11-4-1-5-12-28/h2-3,7-10,15H,1,4-6,11-14H2. The zero-order valence-corrected chi connectivity index (χ0v) is 16.8. The molecule has 2 aliphatic heterocycles. The smallest absolute Gasteiger partial charge is 0.368 e. The summed E-state index contributed by atoms with van der Waals surface area (Å²) in [6.07, 6.45) is 6.68. The second-order valence-electron chi connectivity index (χ2n) is 7.67. The highest BCUT2D eigenvalue weighted by atomic mass is 16.5. The van der Waals surface area contributed by atoms with Crippen LogP contribution in [0.15, 0.2) is 52.6 Å². The molecule has 0 bridgehead atoms. The third-order valence-electron chi connectivity index (χ3n) is 5.58. The van der Waals surface area contributed by atoms with Crippen molar-refractivity contribution in [3.05, 3.63) is 53.3 Å². The van der Waals surface area contributed by atoms with E-state index in [-0.39, 0.29) is 0 Å². The first kappa shape index (κ1) is 18.8. The quantitative estimate of drug-likeness (QED) is 0.594. The van der Waals surface area contributed by atoms with Crippen LogP contribution in [0.1, 0.15) is 25.7 Å². The van der Waals surface area contributed by atoms with Crippen LogP contribution in [0.25, 0.3) is 22.2 Å². The van der Waals surface area contributed by atoms with Crippen molar-refractivity contribution in [1.82, 2.24) is 14.9 Å². The van der Waals surface area contributed by atoms with Crippen LogP contribution < -0.4 is 15.5 Å². The third kappa shape index (κ3) is 3.80. The Morgan fingerprint density at radius 2 is 1.80 bits per heavy atom. The first-order valence-electron chi connectivity index (χ1n) is 10.5. The number of pyridine rings is 2. The molecule has 1 saturated heterocycles. The number of carbonyl (C=O) groups is 1. The van der Waals surface area contributed by atoms with Crippen LogP contribution in [0.2, 0.25) is 0 Å². The van der Waals surface area contributed by atoms with E-state index in [1.165, 1.54) is 32.4 Å². The molecule has 7 nitrogen and oxygen atoms in total. The first-order valence-corrected chi connectivity index (χ1v) is 10.5. The summed E-state index contributed by atoms with van der Waals surface area (Å²) in [5.41, 5.74) is 2.17. The van der Waals surface area contributed by atoms with Crippen molar-refractivity contribution in [3.8, 4) is 17.1 Å². The van der Waals surface area contributed by atoms with Gasteiger partial charge in [-0.3, -0.25) is 0 Å². The summed E-state index contributed by atoms with van der Waals surface area (Å²) in [5.74, 6) is 0.590. The van der Waals surface area contributed by atoms with E-state index in [0.717, 1.165) is 29.4 Å². The molecule has 0 N–H and O–H groups in total. The number of benzene rings is 1. The molecule has 0 spiro atoms. The molecule has 0 atom stereocenters. The molecule has 152 valence electrons. The van der Waals surface area contributed by atoms with E-state index in [1.807, 2.05) is 36.4 Å².